The van der Waals surface area contributed by atoms with E-state index >= 15 is 0 Å². The van der Waals surface area contributed by atoms with Crippen molar-refractivity contribution in [2.24, 2.45) is 0 Å². The predicted molar refractivity (Wildman–Crippen MR) is 106 cm³/mol. The fraction of sp³-hybridized carbons (Fsp3) is 0.263. The molecule has 0 aliphatic carbocycles. The van der Waals surface area contributed by atoms with Crippen molar-refractivity contribution in [1.29, 1.82) is 0 Å². The van der Waals surface area contributed by atoms with Gasteiger partial charge in [-0.25, -0.2) is 4.98 Å². The summed E-state index contributed by atoms with van der Waals surface area (Å²) in [6, 6.07) is 13.9. The number of nitrogens with zero attached hydrogens (tertiary/aromatic N) is 1. The minimum absolute atomic E-state index is 0.0500. The van der Waals surface area contributed by atoms with E-state index in [-0.39, 0.29) is 5.91 Å². The molecule has 1 N–H and O–H groups in total. The van der Waals surface area contributed by atoms with Crippen LogP contribution in [0, 0.1) is 0 Å². The lowest BCUT2D eigenvalue weighted by atomic mass is 10.0. The second kappa shape index (κ2) is 7.89. The Morgan fingerprint density at radius 3 is 2.68 bits per heavy atom. The van der Waals surface area contributed by atoms with Crippen LogP contribution in [0.15, 0.2) is 47.4 Å². The van der Waals surface area contributed by atoms with Gasteiger partial charge in [-0.3, -0.25) is 4.79 Å². The Kier molecular flexibility index (Phi) is 5.60. The molecule has 0 saturated heterocycles. The summed E-state index contributed by atoms with van der Waals surface area (Å²) in [5.41, 5.74) is 2.20. The minimum Gasteiger partial charge on any atom is -0.497 e. The molecule has 2 aromatic carbocycles. The number of para-hydroxylation sites is 1. The lowest BCUT2D eigenvalue weighted by Crippen LogP contribution is -2.13. The monoisotopic (exact) mass is 372 g/mol. The maximum absolute atomic E-state index is 12.2. The quantitative estimate of drug-likeness (QED) is 0.607. The lowest BCUT2D eigenvalue weighted by molar-refractivity contribution is -0.113. The molecule has 25 heavy (non-hydrogen) atoms. The zero-order valence-corrected chi connectivity index (χ0v) is 16.0. The maximum atomic E-state index is 12.2. The van der Waals surface area contributed by atoms with Crippen molar-refractivity contribution in [1.82, 2.24) is 4.98 Å². The minimum atomic E-state index is -0.0500. The molecule has 1 aromatic heterocycles. The first-order valence-corrected chi connectivity index (χ1v) is 9.83. The summed E-state index contributed by atoms with van der Waals surface area (Å²) in [5, 5.41) is 3.57. The Balaban J connectivity index is 1.64. The molecule has 0 atom stereocenters. The Morgan fingerprint density at radius 2 is 2.00 bits per heavy atom. The molecule has 1 heterocycles. The van der Waals surface area contributed by atoms with Gasteiger partial charge in [0.25, 0.3) is 0 Å². The van der Waals surface area contributed by atoms with Gasteiger partial charge in [-0.05, 0) is 41.8 Å². The number of hydrogen-bond donors (Lipinski definition) is 1. The van der Waals surface area contributed by atoms with Crippen molar-refractivity contribution in [2.45, 2.75) is 24.7 Å². The second-order valence-electron chi connectivity index (χ2n) is 5.88. The molecule has 0 aliphatic rings. The highest BCUT2D eigenvalue weighted by Crippen LogP contribution is 2.31. The van der Waals surface area contributed by atoms with Gasteiger partial charge in [0, 0.05) is 4.90 Å². The molecule has 0 bridgehead atoms. The van der Waals surface area contributed by atoms with Crippen LogP contribution in [0.2, 0.25) is 0 Å². The molecule has 6 heteroatoms. The number of thioether (sulfide) groups is 1. The number of amides is 1. The Bertz CT molecular complexity index is 873. The number of nitrogens with one attached hydrogen (secondary N) is 1. The molecule has 0 unspecified atom stereocenters. The number of benzene rings is 2. The van der Waals surface area contributed by atoms with E-state index in [1.54, 1.807) is 7.11 Å². The van der Waals surface area contributed by atoms with Gasteiger partial charge in [-0.1, -0.05) is 37.3 Å². The van der Waals surface area contributed by atoms with E-state index in [9.17, 15) is 4.79 Å². The first-order valence-electron chi connectivity index (χ1n) is 8.03. The van der Waals surface area contributed by atoms with Crippen LogP contribution in [0.25, 0.3) is 10.2 Å². The van der Waals surface area contributed by atoms with Gasteiger partial charge in [-0.2, -0.15) is 0 Å². The summed E-state index contributed by atoms with van der Waals surface area (Å²) in [6.45, 7) is 4.30. The third kappa shape index (κ3) is 4.32. The summed E-state index contributed by atoms with van der Waals surface area (Å²) >= 11 is 3.01. The standard InChI is InChI=1S/C19H20N2O2S2/c1-12(2)15-5-4-6-16-18(15)21-19(25-16)20-17(22)11-24-14-9-7-13(23-3)8-10-14/h4-10,12H,11H2,1-3H3,(H,20,21,22). The molecule has 0 fully saturated rings. The highest BCUT2D eigenvalue weighted by molar-refractivity contribution is 8.00. The molecule has 1 amide bonds. The zero-order chi connectivity index (χ0) is 17.8. The van der Waals surface area contributed by atoms with Crippen LogP contribution in [0.1, 0.15) is 25.3 Å². The molecule has 0 radical (unpaired) electrons. The summed E-state index contributed by atoms with van der Waals surface area (Å²) in [6.07, 6.45) is 0. The number of rotatable bonds is 6. The molecule has 0 spiro atoms. The van der Waals surface area contributed by atoms with Crippen LogP contribution in [-0.4, -0.2) is 23.8 Å². The van der Waals surface area contributed by atoms with Gasteiger partial charge in [0.2, 0.25) is 5.91 Å². The normalized spacial score (nSPS) is 11.0. The summed E-state index contributed by atoms with van der Waals surface area (Å²) in [4.78, 5) is 17.9. The topological polar surface area (TPSA) is 51.2 Å². The third-order valence-electron chi connectivity index (χ3n) is 3.75. The first kappa shape index (κ1) is 17.8. The van der Waals surface area contributed by atoms with Crippen LogP contribution in [0.4, 0.5) is 5.13 Å². The van der Waals surface area contributed by atoms with Gasteiger partial charge >= 0.3 is 0 Å². The number of aromatic nitrogens is 1. The fourth-order valence-electron chi connectivity index (χ4n) is 2.47. The number of carbonyl (C=O) groups is 1. The van der Waals surface area contributed by atoms with E-state index in [0.717, 1.165) is 20.9 Å². The Morgan fingerprint density at radius 1 is 1.24 bits per heavy atom. The van der Waals surface area contributed by atoms with Gasteiger partial charge in [0.15, 0.2) is 5.13 Å². The molecule has 0 saturated carbocycles. The average molecular weight is 373 g/mol. The van der Waals surface area contributed by atoms with Crippen LogP contribution in [-0.2, 0) is 4.79 Å². The van der Waals surface area contributed by atoms with E-state index in [4.69, 9.17) is 4.74 Å². The number of methoxy groups -OCH3 is 1. The van der Waals surface area contributed by atoms with Crippen molar-refractivity contribution < 1.29 is 9.53 Å². The highest BCUT2D eigenvalue weighted by Gasteiger charge is 2.12. The number of carbonyl (C=O) groups excluding carboxylic acids is 1. The van der Waals surface area contributed by atoms with Crippen LogP contribution >= 0.6 is 23.1 Å². The van der Waals surface area contributed by atoms with Crippen molar-refractivity contribution in [3.8, 4) is 5.75 Å². The Labute approximate surface area is 155 Å². The largest absolute Gasteiger partial charge is 0.497 e. The van der Waals surface area contributed by atoms with Gasteiger partial charge in [0.1, 0.15) is 5.75 Å². The second-order valence-corrected chi connectivity index (χ2v) is 7.96. The van der Waals surface area contributed by atoms with Gasteiger partial charge in [0.05, 0.1) is 23.1 Å². The predicted octanol–water partition coefficient (Wildman–Crippen LogP) is 5.16. The van der Waals surface area contributed by atoms with E-state index in [0.29, 0.717) is 16.8 Å². The smallest absolute Gasteiger partial charge is 0.236 e. The molecular formula is C19H20N2O2S2. The van der Waals surface area contributed by atoms with E-state index in [2.05, 4.69) is 30.2 Å². The molecule has 130 valence electrons. The van der Waals surface area contributed by atoms with Gasteiger partial charge < -0.3 is 10.1 Å². The molecular weight excluding hydrogens is 352 g/mol. The fourth-order valence-corrected chi connectivity index (χ4v) is 4.08. The van der Waals surface area contributed by atoms with E-state index < -0.39 is 0 Å². The maximum Gasteiger partial charge on any atom is 0.236 e. The zero-order valence-electron chi connectivity index (χ0n) is 14.4. The van der Waals surface area contributed by atoms with Crippen molar-refractivity contribution in [2.75, 3.05) is 18.2 Å². The molecule has 3 rings (SSSR count). The number of fused-ring (bicyclic) bond motifs is 1. The number of hydrogen-bond acceptors (Lipinski definition) is 5. The summed E-state index contributed by atoms with van der Waals surface area (Å²) < 4.78 is 6.23. The average Bonchev–Trinajstić information content (AvgIpc) is 3.02. The first-order chi connectivity index (χ1) is 12.1. The number of thiazole rings is 1. The summed E-state index contributed by atoms with van der Waals surface area (Å²) in [5.74, 6) is 1.51. The van der Waals surface area contributed by atoms with E-state index in [1.807, 2.05) is 36.4 Å². The number of ether oxygens (including phenoxy) is 1. The van der Waals surface area contributed by atoms with Gasteiger partial charge in [-0.15, -0.1) is 11.8 Å². The van der Waals surface area contributed by atoms with Crippen LogP contribution in [0.3, 0.4) is 0 Å². The number of anilines is 1. The Hall–Kier alpha value is -2.05. The third-order valence-corrected chi connectivity index (χ3v) is 5.70. The van der Waals surface area contributed by atoms with E-state index in [1.165, 1.54) is 28.7 Å². The summed E-state index contributed by atoms with van der Waals surface area (Å²) in [7, 11) is 1.64. The van der Waals surface area contributed by atoms with Crippen LogP contribution in [0.5, 0.6) is 5.75 Å². The van der Waals surface area contributed by atoms with Crippen molar-refractivity contribution in [3.63, 3.8) is 0 Å². The lowest BCUT2D eigenvalue weighted by Gasteiger charge is -2.05. The molecule has 0 aliphatic heterocycles. The van der Waals surface area contributed by atoms with Crippen molar-refractivity contribution in [3.05, 3.63) is 48.0 Å². The van der Waals surface area contributed by atoms with Crippen LogP contribution < -0.4 is 10.1 Å². The SMILES string of the molecule is COc1ccc(SCC(=O)Nc2nc3c(C(C)C)cccc3s2)cc1. The molecule has 4 nitrogen and oxygen atoms in total. The molecule has 3 aromatic rings. The highest BCUT2D eigenvalue weighted by atomic mass is 32.2. The van der Waals surface area contributed by atoms with Crippen molar-refractivity contribution >= 4 is 44.4 Å².